The maximum absolute atomic E-state index is 12.4. The zero-order valence-electron chi connectivity index (χ0n) is 15.5. The lowest BCUT2D eigenvalue weighted by atomic mass is 10.1. The molecule has 0 atom stereocenters. The molecule has 3 rings (SSSR count). The van der Waals surface area contributed by atoms with Crippen molar-refractivity contribution >= 4 is 35.1 Å². The van der Waals surface area contributed by atoms with Crippen molar-refractivity contribution in [2.45, 2.75) is 18.2 Å². The molecule has 1 aliphatic rings. The lowest BCUT2D eigenvalue weighted by Gasteiger charge is -2.33. The first-order valence-corrected chi connectivity index (χ1v) is 10.8. The predicted octanol–water partition coefficient (Wildman–Crippen LogP) is 3.51. The highest BCUT2D eigenvalue weighted by molar-refractivity contribution is 8.01. The predicted molar refractivity (Wildman–Crippen MR) is 108 cm³/mol. The van der Waals surface area contributed by atoms with Crippen LogP contribution in [0.1, 0.15) is 12.5 Å². The molecule has 0 saturated carbocycles. The molecule has 0 radical (unpaired) electrons. The van der Waals surface area contributed by atoms with Gasteiger partial charge in [0.1, 0.15) is 0 Å². The first-order valence-electron chi connectivity index (χ1n) is 8.91. The lowest BCUT2D eigenvalue weighted by Crippen LogP contribution is -2.51. The number of nitrogens with zero attached hydrogens (tertiary/aromatic N) is 3. The Hall–Kier alpha value is -2.06. The van der Waals surface area contributed by atoms with Crippen LogP contribution < -0.4 is 0 Å². The Morgan fingerprint density at radius 3 is 2.48 bits per heavy atom. The number of hydrogen-bond acceptors (Lipinski definition) is 6. The van der Waals surface area contributed by atoms with Crippen LogP contribution in [0, 0.1) is 6.92 Å². The fourth-order valence-electron chi connectivity index (χ4n) is 2.75. The summed E-state index contributed by atoms with van der Waals surface area (Å²) in [5.74, 6) is 0.441. The third kappa shape index (κ3) is 5.23. The van der Waals surface area contributed by atoms with Crippen LogP contribution in [0.2, 0.25) is 0 Å². The maximum atomic E-state index is 12.4. The van der Waals surface area contributed by atoms with E-state index >= 15 is 0 Å². The van der Waals surface area contributed by atoms with E-state index in [9.17, 15) is 9.59 Å². The van der Waals surface area contributed by atoms with Crippen LogP contribution in [0.15, 0.2) is 34.0 Å². The summed E-state index contributed by atoms with van der Waals surface area (Å²) in [6, 6.07) is 8.27. The van der Waals surface area contributed by atoms with Gasteiger partial charge in [0.15, 0.2) is 4.34 Å². The number of amides is 2. The van der Waals surface area contributed by atoms with Gasteiger partial charge in [0.25, 0.3) is 0 Å². The summed E-state index contributed by atoms with van der Waals surface area (Å²) in [4.78, 5) is 32.2. The summed E-state index contributed by atoms with van der Waals surface area (Å²) >= 11 is 3.03. The molecule has 0 unspecified atom stereocenters. The summed E-state index contributed by atoms with van der Waals surface area (Å²) in [5, 5.41) is 2.02. The van der Waals surface area contributed by atoms with E-state index in [2.05, 4.69) is 36.2 Å². The third-order valence-corrected chi connectivity index (χ3v) is 6.31. The van der Waals surface area contributed by atoms with E-state index in [1.165, 1.54) is 17.3 Å². The Bertz CT molecular complexity index is 784. The topological polar surface area (TPSA) is 62.7 Å². The van der Waals surface area contributed by atoms with E-state index in [4.69, 9.17) is 4.74 Å². The first kappa shape index (κ1) is 19.7. The summed E-state index contributed by atoms with van der Waals surface area (Å²) in [7, 11) is 0. The number of thioether (sulfide) groups is 1. The minimum atomic E-state index is -0.301. The quantitative estimate of drug-likeness (QED) is 0.713. The fraction of sp³-hybridized carbons (Fsp3) is 0.421. The largest absolute Gasteiger partial charge is 0.450 e. The zero-order valence-corrected chi connectivity index (χ0v) is 17.1. The van der Waals surface area contributed by atoms with E-state index in [-0.39, 0.29) is 12.0 Å². The molecule has 27 heavy (non-hydrogen) atoms. The number of rotatable bonds is 5. The Morgan fingerprint density at radius 2 is 1.81 bits per heavy atom. The van der Waals surface area contributed by atoms with Gasteiger partial charge in [-0.15, -0.1) is 11.3 Å². The van der Waals surface area contributed by atoms with Gasteiger partial charge in [-0.25, -0.2) is 9.78 Å². The number of ether oxygens (including phenoxy) is 1. The van der Waals surface area contributed by atoms with Crippen LogP contribution in [0.4, 0.5) is 4.79 Å². The van der Waals surface area contributed by atoms with Crippen molar-refractivity contribution < 1.29 is 14.3 Å². The molecule has 1 aromatic carbocycles. The molecule has 0 spiro atoms. The normalized spacial score (nSPS) is 14.3. The second kappa shape index (κ2) is 9.23. The minimum absolute atomic E-state index is 0.0793. The number of aryl methyl sites for hydroxylation is 1. The Morgan fingerprint density at radius 1 is 1.15 bits per heavy atom. The van der Waals surface area contributed by atoms with Gasteiger partial charge in [-0.1, -0.05) is 41.6 Å². The molecule has 0 aliphatic carbocycles. The first-order chi connectivity index (χ1) is 13.1. The molecule has 1 fully saturated rings. The number of aromatic nitrogens is 1. The number of benzene rings is 1. The van der Waals surface area contributed by atoms with Crippen molar-refractivity contribution in [2.24, 2.45) is 0 Å². The standard InChI is InChI=1S/C19H23N3O3S2/c1-3-25-19(24)22-10-8-21(9-11-22)17(23)13-27-18-20-16(12-26-18)15-6-4-14(2)5-7-15/h4-7,12H,3,8-11,13H2,1-2H3. The molecule has 1 aliphatic heterocycles. The molecule has 2 amide bonds. The molecule has 1 aromatic heterocycles. The van der Waals surface area contributed by atoms with Crippen LogP contribution in [0.3, 0.4) is 0 Å². The fourth-order valence-corrected chi connectivity index (χ4v) is 4.49. The summed E-state index contributed by atoms with van der Waals surface area (Å²) in [6.07, 6.45) is -0.301. The SMILES string of the molecule is CCOC(=O)N1CCN(C(=O)CSc2nc(-c3ccc(C)cc3)cs2)CC1. The molecular formula is C19H23N3O3S2. The van der Waals surface area contributed by atoms with Gasteiger partial charge in [0.05, 0.1) is 18.1 Å². The maximum Gasteiger partial charge on any atom is 0.409 e. The van der Waals surface area contributed by atoms with Crippen molar-refractivity contribution in [2.75, 3.05) is 38.5 Å². The summed E-state index contributed by atoms with van der Waals surface area (Å²) in [6.45, 7) is 6.35. The molecule has 0 N–H and O–H groups in total. The van der Waals surface area contributed by atoms with E-state index < -0.39 is 0 Å². The minimum Gasteiger partial charge on any atom is -0.450 e. The molecule has 0 bridgehead atoms. The molecular weight excluding hydrogens is 382 g/mol. The number of thiazole rings is 1. The van der Waals surface area contributed by atoms with Crippen molar-refractivity contribution in [1.82, 2.24) is 14.8 Å². The second-order valence-electron chi connectivity index (χ2n) is 6.22. The van der Waals surface area contributed by atoms with Crippen molar-refractivity contribution in [3.63, 3.8) is 0 Å². The lowest BCUT2D eigenvalue weighted by molar-refractivity contribution is -0.129. The van der Waals surface area contributed by atoms with Crippen molar-refractivity contribution in [3.8, 4) is 11.3 Å². The highest BCUT2D eigenvalue weighted by Crippen LogP contribution is 2.28. The monoisotopic (exact) mass is 405 g/mol. The average Bonchev–Trinajstić information content (AvgIpc) is 3.16. The van der Waals surface area contributed by atoms with Gasteiger partial charge in [0, 0.05) is 37.1 Å². The van der Waals surface area contributed by atoms with Crippen LogP contribution in [0.25, 0.3) is 11.3 Å². The second-order valence-corrected chi connectivity index (χ2v) is 8.30. The Kier molecular flexibility index (Phi) is 6.73. The molecule has 2 aromatic rings. The highest BCUT2D eigenvalue weighted by atomic mass is 32.2. The van der Waals surface area contributed by atoms with Gasteiger partial charge < -0.3 is 14.5 Å². The van der Waals surface area contributed by atoms with Crippen LogP contribution in [0.5, 0.6) is 0 Å². The van der Waals surface area contributed by atoms with Gasteiger partial charge in [-0.2, -0.15) is 0 Å². The van der Waals surface area contributed by atoms with Crippen molar-refractivity contribution in [3.05, 3.63) is 35.2 Å². The number of piperazine rings is 1. The number of hydrogen-bond donors (Lipinski definition) is 0. The highest BCUT2D eigenvalue weighted by Gasteiger charge is 2.24. The smallest absolute Gasteiger partial charge is 0.409 e. The van der Waals surface area contributed by atoms with Gasteiger partial charge in [-0.05, 0) is 13.8 Å². The molecule has 6 nitrogen and oxygen atoms in total. The van der Waals surface area contributed by atoms with E-state index in [1.54, 1.807) is 28.1 Å². The molecule has 8 heteroatoms. The average molecular weight is 406 g/mol. The number of carbonyl (C=O) groups is 2. The Balaban J connectivity index is 1.47. The van der Waals surface area contributed by atoms with Gasteiger partial charge in [0.2, 0.25) is 5.91 Å². The number of carbonyl (C=O) groups excluding carboxylic acids is 2. The van der Waals surface area contributed by atoms with Crippen LogP contribution in [-0.2, 0) is 9.53 Å². The van der Waals surface area contributed by atoms with Crippen LogP contribution in [-0.4, -0.2) is 65.3 Å². The zero-order chi connectivity index (χ0) is 19.2. The van der Waals surface area contributed by atoms with Crippen molar-refractivity contribution in [1.29, 1.82) is 0 Å². The van der Waals surface area contributed by atoms with E-state index in [0.29, 0.717) is 38.5 Å². The van der Waals surface area contributed by atoms with Gasteiger partial charge in [-0.3, -0.25) is 4.79 Å². The van der Waals surface area contributed by atoms with Gasteiger partial charge >= 0.3 is 6.09 Å². The summed E-state index contributed by atoms with van der Waals surface area (Å²) < 4.78 is 5.89. The summed E-state index contributed by atoms with van der Waals surface area (Å²) in [5.41, 5.74) is 3.25. The van der Waals surface area contributed by atoms with Crippen LogP contribution >= 0.6 is 23.1 Å². The Labute approximate surface area is 167 Å². The van der Waals surface area contributed by atoms with E-state index in [1.807, 2.05) is 5.38 Å². The van der Waals surface area contributed by atoms with E-state index in [0.717, 1.165) is 15.6 Å². The molecule has 2 heterocycles. The molecule has 144 valence electrons. The molecule has 1 saturated heterocycles. The third-order valence-electron chi connectivity index (χ3n) is 4.31.